The highest BCUT2D eigenvalue weighted by molar-refractivity contribution is 5.82. The summed E-state index contributed by atoms with van der Waals surface area (Å²) < 4.78 is 12.1. The maximum atomic E-state index is 11.9. The molecule has 2 rings (SSSR count). The molecule has 1 atom stereocenters. The molecule has 0 N–H and O–H groups in total. The van der Waals surface area contributed by atoms with E-state index in [1.54, 1.807) is 7.11 Å². The zero-order valence-electron chi connectivity index (χ0n) is 12.3. The van der Waals surface area contributed by atoms with E-state index in [-0.39, 0.29) is 18.6 Å². The van der Waals surface area contributed by atoms with Crippen LogP contribution in [0.25, 0.3) is 10.9 Å². The van der Waals surface area contributed by atoms with E-state index >= 15 is 0 Å². The van der Waals surface area contributed by atoms with Crippen LogP contribution in [0.1, 0.15) is 19.4 Å². The Morgan fingerprint density at radius 1 is 1.35 bits per heavy atom. The topological polar surface area (TPSA) is 40.5 Å². The van der Waals surface area contributed by atoms with Crippen LogP contribution in [0, 0.1) is 0 Å². The van der Waals surface area contributed by atoms with Gasteiger partial charge in [0.25, 0.3) is 0 Å². The van der Waals surface area contributed by atoms with E-state index in [9.17, 15) is 4.79 Å². The van der Waals surface area contributed by atoms with E-state index in [0.29, 0.717) is 6.61 Å². The smallest absolute Gasteiger partial charge is 0.326 e. The number of esters is 1. The molecular weight excluding hydrogens is 254 g/mol. The summed E-state index contributed by atoms with van der Waals surface area (Å²) in [6.45, 7) is 4.59. The number of rotatable bonds is 6. The lowest BCUT2D eigenvalue weighted by Gasteiger charge is -2.13. The van der Waals surface area contributed by atoms with Gasteiger partial charge >= 0.3 is 5.97 Å². The second kappa shape index (κ2) is 6.57. The van der Waals surface area contributed by atoms with Crippen molar-refractivity contribution >= 4 is 16.9 Å². The quantitative estimate of drug-likeness (QED) is 0.761. The van der Waals surface area contributed by atoms with Crippen LogP contribution in [-0.4, -0.2) is 30.4 Å². The molecule has 0 radical (unpaired) electrons. The van der Waals surface area contributed by atoms with Gasteiger partial charge in [0.15, 0.2) is 0 Å². The Kier molecular flexibility index (Phi) is 4.79. The molecule has 0 spiro atoms. The van der Waals surface area contributed by atoms with Gasteiger partial charge in [-0.25, -0.2) is 0 Å². The predicted octanol–water partition coefficient (Wildman–Crippen LogP) is 2.78. The molecule has 0 aliphatic heterocycles. The zero-order valence-corrected chi connectivity index (χ0v) is 12.3. The molecule has 0 amide bonds. The van der Waals surface area contributed by atoms with E-state index < -0.39 is 0 Å². The lowest BCUT2D eigenvalue weighted by Crippen LogP contribution is -2.22. The fourth-order valence-corrected chi connectivity index (χ4v) is 2.28. The highest BCUT2D eigenvalue weighted by atomic mass is 16.6. The number of methoxy groups -OCH3 is 1. The van der Waals surface area contributed by atoms with Crippen molar-refractivity contribution < 1.29 is 14.3 Å². The number of hydrogen-bond donors (Lipinski definition) is 0. The molecule has 0 saturated heterocycles. The average Bonchev–Trinajstić information content (AvgIpc) is 2.81. The fraction of sp³-hybridized carbons (Fsp3) is 0.438. The number of nitrogens with zero attached hydrogens (tertiary/aromatic N) is 1. The molecule has 0 saturated carbocycles. The summed E-state index contributed by atoms with van der Waals surface area (Å²) in [4.78, 5) is 11.9. The third-order valence-electron chi connectivity index (χ3n) is 3.28. The van der Waals surface area contributed by atoms with Gasteiger partial charge in [0.1, 0.15) is 12.6 Å². The third-order valence-corrected chi connectivity index (χ3v) is 3.28. The Balaban J connectivity index is 2.08. The summed E-state index contributed by atoms with van der Waals surface area (Å²) in [5, 5.41) is 1.15. The minimum atomic E-state index is -0.244. The van der Waals surface area contributed by atoms with Gasteiger partial charge in [0, 0.05) is 18.8 Å². The fourth-order valence-electron chi connectivity index (χ4n) is 2.28. The van der Waals surface area contributed by atoms with Crippen LogP contribution >= 0.6 is 0 Å². The van der Waals surface area contributed by atoms with Gasteiger partial charge in [-0.1, -0.05) is 13.0 Å². The van der Waals surface area contributed by atoms with Gasteiger partial charge in [-0.2, -0.15) is 0 Å². The number of carbonyl (C=O) groups excluding carboxylic acids is 1. The largest absolute Gasteiger partial charge is 0.459 e. The summed E-state index contributed by atoms with van der Waals surface area (Å²) in [6, 6.07) is 8.34. The van der Waals surface area contributed by atoms with Crippen molar-refractivity contribution in [1.29, 1.82) is 0 Å². The van der Waals surface area contributed by atoms with E-state index in [1.165, 1.54) is 5.56 Å². The molecule has 2 aromatic rings. The first kappa shape index (κ1) is 14.6. The van der Waals surface area contributed by atoms with Crippen molar-refractivity contribution in [1.82, 2.24) is 4.57 Å². The van der Waals surface area contributed by atoms with Gasteiger partial charge in [0.05, 0.1) is 6.61 Å². The van der Waals surface area contributed by atoms with E-state index in [2.05, 4.69) is 25.1 Å². The Morgan fingerprint density at radius 3 is 2.85 bits per heavy atom. The number of fused-ring (bicyclic) bond motifs is 1. The van der Waals surface area contributed by atoms with E-state index in [4.69, 9.17) is 9.47 Å². The maximum Gasteiger partial charge on any atom is 0.326 e. The van der Waals surface area contributed by atoms with Crippen molar-refractivity contribution in [3.05, 3.63) is 36.0 Å². The number of ether oxygens (including phenoxy) is 2. The number of aryl methyl sites for hydroxylation is 1. The van der Waals surface area contributed by atoms with Crippen LogP contribution in [0.3, 0.4) is 0 Å². The van der Waals surface area contributed by atoms with Crippen LogP contribution in [0.5, 0.6) is 0 Å². The number of benzene rings is 1. The predicted molar refractivity (Wildman–Crippen MR) is 78.7 cm³/mol. The monoisotopic (exact) mass is 275 g/mol. The summed E-state index contributed by atoms with van der Waals surface area (Å²) in [7, 11) is 1.59. The normalized spacial score (nSPS) is 12.6. The first-order valence-corrected chi connectivity index (χ1v) is 6.90. The van der Waals surface area contributed by atoms with Gasteiger partial charge in [-0.15, -0.1) is 0 Å². The zero-order chi connectivity index (χ0) is 14.5. The minimum Gasteiger partial charge on any atom is -0.459 e. The lowest BCUT2D eigenvalue weighted by molar-refractivity contribution is -0.151. The summed E-state index contributed by atoms with van der Waals surface area (Å²) in [5.41, 5.74) is 2.35. The third kappa shape index (κ3) is 3.39. The van der Waals surface area contributed by atoms with Gasteiger partial charge < -0.3 is 14.0 Å². The summed E-state index contributed by atoms with van der Waals surface area (Å²) in [5.74, 6) is -0.244. The first-order chi connectivity index (χ1) is 9.63. The number of aromatic nitrogens is 1. The minimum absolute atomic E-state index is 0.221. The first-order valence-electron chi connectivity index (χ1n) is 6.90. The molecule has 20 heavy (non-hydrogen) atoms. The summed E-state index contributed by atoms with van der Waals surface area (Å²) >= 11 is 0. The highest BCUT2D eigenvalue weighted by Crippen LogP contribution is 2.18. The lowest BCUT2D eigenvalue weighted by atomic mass is 10.1. The standard InChI is InChI=1S/C16H21NO3/c1-4-13-5-6-15-14(9-13)7-8-17(15)10-16(18)20-12(2)11-19-3/h5-9,12H,4,10-11H2,1-3H3. The maximum absolute atomic E-state index is 11.9. The molecule has 0 bridgehead atoms. The van der Waals surface area contributed by atoms with Crippen LogP contribution in [0.15, 0.2) is 30.5 Å². The molecule has 1 aromatic heterocycles. The Morgan fingerprint density at radius 2 is 2.15 bits per heavy atom. The van der Waals surface area contributed by atoms with Crippen LogP contribution in [0.2, 0.25) is 0 Å². The Bertz CT molecular complexity index is 588. The SMILES string of the molecule is CCc1ccc2c(ccn2CC(=O)OC(C)COC)c1. The molecule has 1 unspecified atom stereocenters. The van der Waals surface area contributed by atoms with Gasteiger partial charge in [0.2, 0.25) is 0 Å². The van der Waals surface area contributed by atoms with Crippen molar-refractivity contribution in [3.8, 4) is 0 Å². The van der Waals surface area contributed by atoms with Crippen molar-refractivity contribution in [2.24, 2.45) is 0 Å². The van der Waals surface area contributed by atoms with Gasteiger partial charge in [-0.05, 0) is 42.5 Å². The summed E-state index contributed by atoms with van der Waals surface area (Å²) in [6.07, 6.45) is 2.71. The van der Waals surface area contributed by atoms with Crippen molar-refractivity contribution in [3.63, 3.8) is 0 Å². The molecule has 0 aliphatic rings. The van der Waals surface area contributed by atoms with Crippen LogP contribution < -0.4 is 0 Å². The Hall–Kier alpha value is -1.81. The highest BCUT2D eigenvalue weighted by Gasteiger charge is 2.11. The Labute approximate surface area is 119 Å². The molecule has 108 valence electrons. The molecule has 1 heterocycles. The second-order valence-corrected chi connectivity index (χ2v) is 4.95. The van der Waals surface area contributed by atoms with Crippen LogP contribution in [-0.2, 0) is 27.2 Å². The number of carbonyl (C=O) groups is 1. The molecule has 0 fully saturated rings. The van der Waals surface area contributed by atoms with Crippen LogP contribution in [0.4, 0.5) is 0 Å². The number of hydrogen-bond acceptors (Lipinski definition) is 3. The van der Waals surface area contributed by atoms with Crippen molar-refractivity contribution in [2.75, 3.05) is 13.7 Å². The van der Waals surface area contributed by atoms with Crippen molar-refractivity contribution in [2.45, 2.75) is 32.9 Å². The molecule has 1 aromatic carbocycles. The molecule has 4 nitrogen and oxygen atoms in total. The van der Waals surface area contributed by atoms with E-state index in [0.717, 1.165) is 17.3 Å². The molecule has 0 aliphatic carbocycles. The van der Waals surface area contributed by atoms with Gasteiger partial charge in [-0.3, -0.25) is 4.79 Å². The molecular formula is C16H21NO3. The van der Waals surface area contributed by atoms with E-state index in [1.807, 2.05) is 23.8 Å². The second-order valence-electron chi connectivity index (χ2n) is 4.95. The molecule has 4 heteroatoms. The average molecular weight is 275 g/mol.